The topological polar surface area (TPSA) is 196 Å². The number of aromatic nitrogens is 8. The van der Waals surface area contributed by atoms with Gasteiger partial charge in [-0.2, -0.15) is 0 Å². The molecule has 17 nitrogen and oxygen atoms in total. The second kappa shape index (κ2) is 17.9. The molecule has 3 aromatic heterocycles. The fourth-order valence-electron chi connectivity index (χ4n) is 10.8. The first-order valence-corrected chi connectivity index (χ1v) is 23.5. The summed E-state index contributed by atoms with van der Waals surface area (Å²) in [4.78, 5) is 42.6. The average Bonchev–Trinajstić information content (AvgIpc) is 4.19. The van der Waals surface area contributed by atoms with Gasteiger partial charge in [0.25, 0.3) is 0 Å². The number of fused-ring (bicyclic) bond motifs is 24. The number of benzene rings is 8. The molecular weight excluding hydrogens is 980 g/mol. The van der Waals surface area contributed by atoms with E-state index in [2.05, 4.69) is 0 Å². The Morgan fingerprint density at radius 2 is 0.459 bits per heavy atom. The van der Waals surface area contributed by atoms with E-state index < -0.39 is 0 Å². The summed E-state index contributed by atoms with van der Waals surface area (Å²) in [7, 11) is 12.9. The Kier molecular flexibility index (Phi) is 11.1. The molecule has 2 aliphatic heterocycles. The molecule has 0 saturated carbocycles. The molecule has 8 bridgehead atoms. The van der Waals surface area contributed by atoms with Crippen LogP contribution in [0.25, 0.3) is 133 Å². The van der Waals surface area contributed by atoms with Crippen LogP contribution < -0.4 is 47.9 Å². The minimum atomic E-state index is 0.227. The van der Waals surface area contributed by atoms with Gasteiger partial charge in [0.2, 0.25) is 0 Å². The van der Waals surface area contributed by atoms with Crippen LogP contribution in [0.3, 0.4) is 0 Å². The van der Waals surface area contributed by atoms with Crippen LogP contribution in [0, 0.1) is 0 Å². The van der Waals surface area contributed by atoms with Gasteiger partial charge in [0, 0.05) is 87.2 Å². The molecule has 0 fully saturated rings. The quantitative estimate of drug-likeness (QED) is 0.139. The average molecular weight is 1020 g/mol. The molecule has 0 N–H and O–H groups in total. The van der Waals surface area contributed by atoms with Crippen molar-refractivity contribution in [1.29, 1.82) is 0 Å². The van der Waals surface area contributed by atoms with Crippen LogP contribution in [0.5, 0.6) is 46.0 Å². The van der Waals surface area contributed by atoms with Crippen LogP contribution in [0.15, 0.2) is 97.1 Å². The van der Waals surface area contributed by atoms with Crippen LogP contribution in [0.1, 0.15) is 0 Å². The zero-order chi connectivity index (χ0) is 51.1. The number of hydrogen-bond acceptors (Lipinski definition) is 15. The summed E-state index contributed by atoms with van der Waals surface area (Å²) in [6, 6.07) is 31.2. The molecule has 2 aliphatic rings. The van der Waals surface area contributed by atoms with Crippen molar-refractivity contribution >= 4 is 87.2 Å². The number of nitrogens with zero attached hydrogens (tertiary/aromatic N) is 8. The van der Waals surface area contributed by atoms with Crippen molar-refractivity contribution in [1.82, 2.24) is 39.9 Å². The molecule has 11 aromatic rings. The van der Waals surface area contributed by atoms with E-state index in [0.29, 0.717) is 89.8 Å². The fraction of sp³-hybridized carbons (Fsp3) is 0.143. The molecule has 0 unspecified atom stereocenters. The summed E-state index contributed by atoms with van der Waals surface area (Å²) in [5, 5.41) is 8.22. The monoisotopic (exact) mass is 1020 g/mol. The van der Waals surface area contributed by atoms with Gasteiger partial charge in [0.05, 0.1) is 102 Å². The predicted molar refractivity (Wildman–Crippen MR) is 277 cm³/mol. The molecule has 0 radical (unpaired) electrons. The first-order chi connectivity index (χ1) is 36.4. The van der Waals surface area contributed by atoms with Crippen molar-refractivity contribution in [3.63, 3.8) is 0 Å². The molecule has 18 heteroatoms. The Morgan fingerprint density at radius 3 is 0.635 bits per heavy atom. The normalized spacial score (nSPS) is 11.6. The molecule has 0 spiro atoms. The van der Waals surface area contributed by atoms with Crippen LogP contribution in [0.4, 0.5) is 0 Å². The SMILES string of the molecule is COc1c2c(c(OC)c3ccccc13)-c1nc-2nc2[n-]c(nc3nc(nc4[n-]c(n1)c1c(OC)c5ccccc5c(OC)c41)-c1c-3c(OC)c3ccccc3c1OC)c1c(OC)c3ccccc3c(OC)c21.[O]=[V+2]. The minimum absolute atomic E-state index is 0.227. The zero-order valence-corrected chi connectivity index (χ0v) is 42.3. The molecule has 0 saturated heterocycles. The van der Waals surface area contributed by atoms with E-state index in [-0.39, 0.29) is 45.9 Å². The van der Waals surface area contributed by atoms with Gasteiger partial charge >= 0.3 is 21.0 Å². The second-order valence-electron chi connectivity index (χ2n) is 16.9. The Morgan fingerprint density at radius 1 is 0.284 bits per heavy atom. The number of hydrogen-bond donors (Lipinski definition) is 0. The standard InChI is InChI=1S/C56H40N8O8.O.V/c1-65-41-25-17-9-10-18-26(25)42(66-2)34-33(41)49-57-50(34)62-52-37-38(46(70-6)30-22-14-13-21-29(30)45(37)69-5)54(59-52)64-56-40-39(47(71-7)31-23-15-16-24-32(31)48(40)72-8)55(60-56)63-53-36-35(51(58-53)61-49)43(67-3)27-19-11-12-20-28(27)44(36)68-4;;/h9-24H,1-8H3;;/q-2;;+2. The fourth-order valence-corrected chi connectivity index (χ4v) is 10.8. The van der Waals surface area contributed by atoms with E-state index in [4.69, 9.17) is 81.4 Å². The third kappa shape index (κ3) is 6.36. The van der Waals surface area contributed by atoms with Crippen LogP contribution >= 0.6 is 0 Å². The van der Waals surface area contributed by atoms with E-state index in [1.54, 1.807) is 56.9 Å². The Labute approximate surface area is 429 Å². The van der Waals surface area contributed by atoms with Gasteiger partial charge in [-0.3, -0.25) is 0 Å². The van der Waals surface area contributed by atoms with Crippen molar-refractivity contribution in [2.45, 2.75) is 0 Å². The van der Waals surface area contributed by atoms with Crippen molar-refractivity contribution < 1.29 is 58.9 Å². The molecule has 0 aliphatic carbocycles. The van der Waals surface area contributed by atoms with Gasteiger partial charge in [-0.1, -0.05) is 97.1 Å². The summed E-state index contributed by atoms with van der Waals surface area (Å²) >= 11 is 1.06. The Bertz CT molecular complexity index is 3850. The summed E-state index contributed by atoms with van der Waals surface area (Å²) < 4.78 is 58.7. The van der Waals surface area contributed by atoms with Crippen LogP contribution in [-0.2, 0) is 21.0 Å². The predicted octanol–water partition coefficient (Wildman–Crippen LogP) is 10.7. The number of methoxy groups -OCH3 is 8. The third-order valence-corrected chi connectivity index (χ3v) is 13.6. The van der Waals surface area contributed by atoms with Gasteiger partial charge in [-0.25, -0.2) is 9.97 Å². The first-order valence-electron chi connectivity index (χ1n) is 23.0. The molecular formula is C56H40N8O9V. The number of ether oxygens (including phenoxy) is 8. The molecule has 363 valence electrons. The summed E-state index contributed by atoms with van der Waals surface area (Å²) in [6.07, 6.45) is 0. The number of rotatable bonds is 8. The van der Waals surface area contributed by atoms with Crippen molar-refractivity contribution in [3.8, 4) is 91.5 Å². The van der Waals surface area contributed by atoms with E-state index in [9.17, 15) is 0 Å². The first kappa shape index (κ1) is 46.0. The van der Waals surface area contributed by atoms with E-state index in [1.807, 2.05) is 97.1 Å². The molecule has 13 rings (SSSR count). The summed E-state index contributed by atoms with van der Waals surface area (Å²) in [5.41, 5.74) is 2.98. The van der Waals surface area contributed by atoms with Crippen LogP contribution in [-0.4, -0.2) is 86.8 Å². The maximum absolute atomic E-state index is 8.19. The van der Waals surface area contributed by atoms with Gasteiger partial charge in [0.1, 0.15) is 46.0 Å². The Hall–Kier alpha value is -9.06. The van der Waals surface area contributed by atoms with Gasteiger partial charge in [0.15, 0.2) is 0 Å². The van der Waals surface area contributed by atoms with Gasteiger partial charge < -0.3 is 67.8 Å². The maximum atomic E-state index is 8.19. The summed E-state index contributed by atoms with van der Waals surface area (Å²) in [6.45, 7) is 0. The van der Waals surface area contributed by atoms with Gasteiger partial charge in [-0.05, 0) is 0 Å². The molecule has 8 aromatic carbocycles. The third-order valence-electron chi connectivity index (χ3n) is 13.6. The Balaban J connectivity index is 0.00000275. The van der Waals surface area contributed by atoms with E-state index in [0.717, 1.165) is 60.5 Å². The molecule has 5 heterocycles. The van der Waals surface area contributed by atoms with Crippen LogP contribution in [0.2, 0.25) is 0 Å². The molecule has 74 heavy (non-hydrogen) atoms. The van der Waals surface area contributed by atoms with Crippen molar-refractivity contribution in [2.75, 3.05) is 56.9 Å². The molecule has 0 atom stereocenters. The van der Waals surface area contributed by atoms with Crippen molar-refractivity contribution in [3.05, 3.63) is 97.1 Å². The van der Waals surface area contributed by atoms with E-state index in [1.165, 1.54) is 0 Å². The van der Waals surface area contributed by atoms with Gasteiger partial charge in [-0.15, -0.1) is 0 Å². The van der Waals surface area contributed by atoms with Crippen molar-refractivity contribution in [2.24, 2.45) is 0 Å². The summed E-state index contributed by atoms with van der Waals surface area (Å²) in [5.74, 6) is 4.88. The van der Waals surface area contributed by atoms with E-state index >= 15 is 0 Å². The zero-order valence-electron chi connectivity index (χ0n) is 40.9. The second-order valence-corrected chi connectivity index (χ2v) is 16.9. The molecule has 0 amide bonds.